The Morgan fingerprint density at radius 2 is 1.90 bits per heavy atom. The maximum Gasteiger partial charge on any atom is 0.134 e. The highest BCUT2D eigenvalue weighted by Crippen LogP contribution is 2.39. The second-order valence-corrected chi connectivity index (χ2v) is 5.18. The Kier molecular flexibility index (Phi) is 2.67. The van der Waals surface area contributed by atoms with Crippen molar-refractivity contribution < 1.29 is 0 Å². The van der Waals surface area contributed by atoms with Gasteiger partial charge in [0.25, 0.3) is 0 Å². The molecule has 1 saturated carbocycles. The van der Waals surface area contributed by atoms with Crippen molar-refractivity contribution in [3.05, 3.63) is 48.4 Å². The van der Waals surface area contributed by atoms with E-state index >= 15 is 0 Å². The second kappa shape index (κ2) is 4.66. The summed E-state index contributed by atoms with van der Waals surface area (Å²) in [6.07, 6.45) is 3.98. The fraction of sp³-hybridized carbons (Fsp3) is 0.200. The van der Waals surface area contributed by atoms with Gasteiger partial charge in [-0.3, -0.25) is 0 Å². The molecule has 0 bridgehead atoms. The third-order valence-corrected chi connectivity index (χ3v) is 3.52. The van der Waals surface area contributed by atoms with Crippen LogP contribution in [0.25, 0.3) is 17.1 Å². The van der Waals surface area contributed by atoms with E-state index in [4.69, 9.17) is 5.73 Å². The van der Waals surface area contributed by atoms with Crippen molar-refractivity contribution in [2.45, 2.75) is 18.8 Å². The normalized spacial score (nSPS) is 14.3. The Hall–Kier alpha value is -2.76. The maximum absolute atomic E-state index is 5.92. The Labute approximate surface area is 121 Å². The van der Waals surface area contributed by atoms with E-state index in [-0.39, 0.29) is 0 Å². The van der Waals surface area contributed by atoms with Crippen LogP contribution in [0, 0.1) is 0 Å². The molecule has 2 aromatic heterocycles. The van der Waals surface area contributed by atoms with E-state index in [0.29, 0.717) is 11.7 Å². The molecule has 1 aliphatic carbocycles. The fourth-order valence-corrected chi connectivity index (χ4v) is 2.31. The van der Waals surface area contributed by atoms with Gasteiger partial charge in [0.1, 0.15) is 17.3 Å². The lowest BCUT2D eigenvalue weighted by Crippen LogP contribution is -2.04. The van der Waals surface area contributed by atoms with Gasteiger partial charge in [0.15, 0.2) is 0 Å². The van der Waals surface area contributed by atoms with Crippen LogP contribution in [0.5, 0.6) is 0 Å². The first-order valence-electron chi connectivity index (χ1n) is 6.92. The summed E-state index contributed by atoms with van der Waals surface area (Å²) in [4.78, 5) is 8.96. The van der Waals surface area contributed by atoms with E-state index in [1.165, 1.54) is 0 Å². The average molecular weight is 278 g/mol. The Morgan fingerprint density at radius 3 is 2.67 bits per heavy atom. The van der Waals surface area contributed by atoms with Gasteiger partial charge in [0.2, 0.25) is 0 Å². The number of nitrogens with two attached hydrogens (primary N) is 1. The van der Waals surface area contributed by atoms with Crippen LogP contribution in [-0.2, 0) is 0 Å². The van der Waals surface area contributed by atoms with E-state index in [0.717, 1.165) is 35.7 Å². The van der Waals surface area contributed by atoms with Crippen LogP contribution < -0.4 is 5.73 Å². The van der Waals surface area contributed by atoms with E-state index in [1.807, 2.05) is 30.3 Å². The highest BCUT2D eigenvalue weighted by molar-refractivity contribution is 5.59. The quantitative estimate of drug-likeness (QED) is 0.794. The summed E-state index contributed by atoms with van der Waals surface area (Å²) < 4.78 is 1.76. The van der Waals surface area contributed by atoms with Crippen LogP contribution in [0.15, 0.2) is 42.6 Å². The molecule has 1 fully saturated rings. The number of hydrogen-bond donors (Lipinski definition) is 1. The summed E-state index contributed by atoms with van der Waals surface area (Å²) in [6, 6.07) is 11.6. The highest BCUT2D eigenvalue weighted by Gasteiger charge is 2.27. The predicted molar refractivity (Wildman–Crippen MR) is 78.8 cm³/mol. The zero-order valence-electron chi connectivity index (χ0n) is 11.3. The van der Waals surface area contributed by atoms with Crippen molar-refractivity contribution in [2.24, 2.45) is 0 Å². The minimum Gasteiger partial charge on any atom is -0.384 e. The first-order valence-corrected chi connectivity index (χ1v) is 6.92. The van der Waals surface area contributed by atoms with Crippen molar-refractivity contribution in [3.8, 4) is 17.1 Å². The summed E-state index contributed by atoms with van der Waals surface area (Å²) in [6.45, 7) is 0. The lowest BCUT2D eigenvalue weighted by Gasteiger charge is -2.07. The fourth-order valence-electron chi connectivity index (χ4n) is 2.31. The van der Waals surface area contributed by atoms with Crippen molar-refractivity contribution in [2.75, 3.05) is 5.73 Å². The van der Waals surface area contributed by atoms with Crippen LogP contribution in [0.1, 0.15) is 24.6 Å². The predicted octanol–water partition coefficient (Wildman–Crippen LogP) is 2.18. The van der Waals surface area contributed by atoms with Crippen molar-refractivity contribution in [1.82, 2.24) is 25.0 Å². The van der Waals surface area contributed by atoms with Crippen LogP contribution in [0.4, 0.5) is 5.82 Å². The Bertz CT molecular complexity index is 776. The number of hydrogen-bond acceptors (Lipinski definition) is 5. The molecule has 21 heavy (non-hydrogen) atoms. The second-order valence-electron chi connectivity index (χ2n) is 5.18. The molecule has 4 rings (SSSR count). The summed E-state index contributed by atoms with van der Waals surface area (Å²) >= 11 is 0. The first kappa shape index (κ1) is 12.0. The molecule has 0 amide bonds. The smallest absolute Gasteiger partial charge is 0.134 e. The van der Waals surface area contributed by atoms with E-state index < -0.39 is 0 Å². The topological polar surface area (TPSA) is 82.5 Å². The molecule has 1 aromatic carbocycles. The van der Waals surface area contributed by atoms with Gasteiger partial charge in [0.05, 0.1) is 17.6 Å². The molecule has 0 atom stereocenters. The summed E-state index contributed by atoms with van der Waals surface area (Å²) in [7, 11) is 0. The number of aromatic nitrogens is 5. The number of rotatable bonds is 3. The third kappa shape index (κ3) is 2.24. The van der Waals surface area contributed by atoms with Crippen LogP contribution >= 0.6 is 0 Å². The number of benzene rings is 1. The number of para-hydroxylation sites is 1. The summed E-state index contributed by atoms with van der Waals surface area (Å²) in [5.74, 6) is 1.77. The van der Waals surface area contributed by atoms with E-state index in [9.17, 15) is 0 Å². The first-order chi connectivity index (χ1) is 10.3. The molecular weight excluding hydrogens is 264 g/mol. The highest BCUT2D eigenvalue weighted by atomic mass is 15.4. The molecule has 2 N–H and O–H groups in total. The van der Waals surface area contributed by atoms with Crippen LogP contribution in [-0.4, -0.2) is 25.0 Å². The van der Waals surface area contributed by atoms with E-state index in [1.54, 1.807) is 16.9 Å². The maximum atomic E-state index is 5.92. The minimum absolute atomic E-state index is 0.452. The molecule has 6 nitrogen and oxygen atoms in total. The van der Waals surface area contributed by atoms with Gasteiger partial charge in [-0.1, -0.05) is 23.4 Å². The van der Waals surface area contributed by atoms with Crippen molar-refractivity contribution in [3.63, 3.8) is 0 Å². The lowest BCUT2D eigenvalue weighted by atomic mass is 10.2. The monoisotopic (exact) mass is 278 g/mol. The van der Waals surface area contributed by atoms with Gasteiger partial charge in [-0.05, 0) is 25.0 Å². The van der Waals surface area contributed by atoms with Crippen molar-refractivity contribution >= 4 is 5.82 Å². The van der Waals surface area contributed by atoms with Crippen LogP contribution in [0.3, 0.4) is 0 Å². The van der Waals surface area contributed by atoms with Gasteiger partial charge < -0.3 is 5.73 Å². The molecule has 2 heterocycles. The molecule has 0 spiro atoms. The van der Waals surface area contributed by atoms with Gasteiger partial charge in [-0.25, -0.2) is 14.6 Å². The van der Waals surface area contributed by atoms with Gasteiger partial charge in [-0.2, -0.15) is 0 Å². The Morgan fingerprint density at radius 1 is 1.10 bits per heavy atom. The zero-order chi connectivity index (χ0) is 14.2. The van der Waals surface area contributed by atoms with E-state index in [2.05, 4.69) is 20.3 Å². The molecule has 3 aromatic rings. The average Bonchev–Trinajstić information content (AvgIpc) is 3.24. The standard InChI is InChI=1S/C15H14N6/c16-14-8-12(18-15(19-14)10-6-7-10)13-9-17-20-21(13)11-4-2-1-3-5-11/h1-5,8-10H,6-7H2,(H2,16,18,19). The van der Waals surface area contributed by atoms with Gasteiger partial charge in [-0.15, -0.1) is 5.10 Å². The summed E-state index contributed by atoms with van der Waals surface area (Å²) in [5, 5.41) is 8.15. The zero-order valence-corrected chi connectivity index (χ0v) is 11.3. The third-order valence-electron chi connectivity index (χ3n) is 3.52. The molecule has 1 aliphatic rings. The molecule has 0 radical (unpaired) electrons. The molecule has 0 saturated heterocycles. The van der Waals surface area contributed by atoms with Crippen LogP contribution in [0.2, 0.25) is 0 Å². The lowest BCUT2D eigenvalue weighted by molar-refractivity contribution is 0.804. The largest absolute Gasteiger partial charge is 0.384 e. The van der Waals surface area contributed by atoms with Gasteiger partial charge in [0, 0.05) is 12.0 Å². The molecule has 0 unspecified atom stereocenters. The molecule has 104 valence electrons. The Balaban J connectivity index is 1.83. The molecule has 0 aliphatic heterocycles. The van der Waals surface area contributed by atoms with Gasteiger partial charge >= 0.3 is 0 Å². The molecule has 6 heteroatoms. The number of nitrogen functional groups attached to an aromatic ring is 1. The van der Waals surface area contributed by atoms with Crippen molar-refractivity contribution in [1.29, 1.82) is 0 Å². The number of anilines is 1. The minimum atomic E-state index is 0.452. The summed E-state index contributed by atoms with van der Waals surface area (Å²) in [5.41, 5.74) is 8.44. The molecular formula is C15H14N6. The number of nitrogens with zero attached hydrogens (tertiary/aromatic N) is 5. The SMILES string of the molecule is Nc1cc(-c2cnnn2-c2ccccc2)nc(C2CC2)n1.